The zero-order valence-electron chi connectivity index (χ0n) is 6.29. The highest BCUT2D eigenvalue weighted by Gasteiger charge is 2.04. The molecule has 4 heteroatoms. The average molecular weight is 186 g/mol. The molecule has 1 aromatic rings. The lowest BCUT2D eigenvalue weighted by Gasteiger charge is -2.02. The number of nitrogens with two attached hydrogens (primary N) is 1. The standard InChI is InChI=1S/C8H8ClNO2/c9-6-3-1-2-4-7(6)12-8(11)5-10/h1-4H,5,10H2. The van der Waals surface area contributed by atoms with Gasteiger partial charge in [-0.3, -0.25) is 4.79 Å². The molecule has 0 saturated heterocycles. The Hall–Kier alpha value is -1.06. The van der Waals surface area contributed by atoms with Crippen LogP contribution in [0.2, 0.25) is 5.02 Å². The van der Waals surface area contributed by atoms with Gasteiger partial charge in [-0.1, -0.05) is 23.7 Å². The number of benzene rings is 1. The molecule has 0 fully saturated rings. The Morgan fingerprint density at radius 1 is 1.50 bits per heavy atom. The van der Waals surface area contributed by atoms with E-state index in [9.17, 15) is 4.79 Å². The van der Waals surface area contributed by atoms with Crippen LogP contribution in [0.1, 0.15) is 0 Å². The van der Waals surface area contributed by atoms with Gasteiger partial charge in [-0.15, -0.1) is 0 Å². The van der Waals surface area contributed by atoms with Crippen LogP contribution >= 0.6 is 11.6 Å². The van der Waals surface area contributed by atoms with Crippen molar-refractivity contribution in [2.24, 2.45) is 5.73 Å². The van der Waals surface area contributed by atoms with E-state index in [1.807, 2.05) is 0 Å². The van der Waals surface area contributed by atoms with Gasteiger partial charge in [0, 0.05) is 0 Å². The van der Waals surface area contributed by atoms with E-state index in [0.29, 0.717) is 10.8 Å². The molecule has 0 radical (unpaired) electrons. The van der Waals surface area contributed by atoms with E-state index in [-0.39, 0.29) is 6.54 Å². The van der Waals surface area contributed by atoms with E-state index >= 15 is 0 Å². The summed E-state index contributed by atoms with van der Waals surface area (Å²) < 4.78 is 4.80. The van der Waals surface area contributed by atoms with Crippen molar-refractivity contribution in [2.75, 3.05) is 6.54 Å². The maximum absolute atomic E-state index is 10.7. The van der Waals surface area contributed by atoms with Crippen molar-refractivity contribution in [1.29, 1.82) is 0 Å². The second kappa shape index (κ2) is 4.09. The molecule has 0 bridgehead atoms. The Balaban J connectivity index is 2.75. The Kier molecular flexibility index (Phi) is 3.08. The third-order valence-corrected chi connectivity index (χ3v) is 1.54. The normalized spacial score (nSPS) is 9.50. The van der Waals surface area contributed by atoms with Crippen LogP contribution in [-0.4, -0.2) is 12.5 Å². The summed E-state index contributed by atoms with van der Waals surface area (Å²) in [6, 6.07) is 6.73. The van der Waals surface area contributed by atoms with Gasteiger partial charge in [-0.25, -0.2) is 0 Å². The van der Waals surface area contributed by atoms with Crippen molar-refractivity contribution in [1.82, 2.24) is 0 Å². The van der Waals surface area contributed by atoms with Crippen molar-refractivity contribution in [2.45, 2.75) is 0 Å². The van der Waals surface area contributed by atoms with Crippen molar-refractivity contribution in [3.05, 3.63) is 29.3 Å². The molecule has 0 amide bonds. The van der Waals surface area contributed by atoms with Crippen molar-refractivity contribution in [3.63, 3.8) is 0 Å². The van der Waals surface area contributed by atoms with E-state index in [4.69, 9.17) is 22.1 Å². The highest BCUT2D eigenvalue weighted by molar-refractivity contribution is 6.32. The second-order valence-electron chi connectivity index (χ2n) is 2.11. The van der Waals surface area contributed by atoms with E-state index in [1.165, 1.54) is 0 Å². The number of halogens is 1. The molecule has 12 heavy (non-hydrogen) atoms. The maximum atomic E-state index is 10.7. The minimum Gasteiger partial charge on any atom is -0.424 e. The predicted octanol–water partition coefficient (Wildman–Crippen LogP) is 1.20. The smallest absolute Gasteiger partial charge is 0.325 e. The fraction of sp³-hybridized carbons (Fsp3) is 0.125. The van der Waals surface area contributed by atoms with Crippen molar-refractivity contribution < 1.29 is 9.53 Å². The minimum absolute atomic E-state index is 0.148. The summed E-state index contributed by atoms with van der Waals surface area (Å²) in [4.78, 5) is 10.7. The highest BCUT2D eigenvalue weighted by atomic mass is 35.5. The van der Waals surface area contributed by atoms with Crippen LogP contribution in [0.15, 0.2) is 24.3 Å². The number of carbonyl (C=O) groups is 1. The molecule has 0 aliphatic rings. The first kappa shape index (κ1) is 9.03. The first-order valence-electron chi connectivity index (χ1n) is 3.39. The van der Waals surface area contributed by atoms with E-state index in [0.717, 1.165) is 0 Å². The van der Waals surface area contributed by atoms with Crippen LogP contribution in [0.5, 0.6) is 5.75 Å². The number of carbonyl (C=O) groups excluding carboxylic acids is 1. The van der Waals surface area contributed by atoms with Crippen LogP contribution < -0.4 is 10.5 Å². The van der Waals surface area contributed by atoms with Gasteiger partial charge in [0.2, 0.25) is 0 Å². The molecule has 0 saturated carbocycles. The summed E-state index contributed by atoms with van der Waals surface area (Å²) >= 11 is 5.71. The van der Waals surface area contributed by atoms with Gasteiger partial charge in [-0.2, -0.15) is 0 Å². The summed E-state index contributed by atoms with van der Waals surface area (Å²) in [5, 5.41) is 0.402. The predicted molar refractivity (Wildman–Crippen MR) is 46.1 cm³/mol. The number of hydrogen-bond acceptors (Lipinski definition) is 3. The van der Waals surface area contributed by atoms with Crippen LogP contribution in [0.4, 0.5) is 0 Å². The molecule has 3 nitrogen and oxygen atoms in total. The molecule has 1 rings (SSSR count). The molecular formula is C8H8ClNO2. The average Bonchev–Trinajstić information content (AvgIpc) is 2.09. The molecule has 0 aliphatic heterocycles. The molecule has 0 atom stereocenters. The molecular weight excluding hydrogens is 178 g/mol. The Bertz CT molecular complexity index is 288. The fourth-order valence-corrected chi connectivity index (χ4v) is 0.866. The SMILES string of the molecule is NCC(=O)Oc1ccccc1Cl. The first-order chi connectivity index (χ1) is 5.74. The molecule has 0 aliphatic carbocycles. The van der Waals surface area contributed by atoms with Crippen molar-refractivity contribution >= 4 is 17.6 Å². The van der Waals surface area contributed by atoms with Crippen LogP contribution in [0.25, 0.3) is 0 Å². The molecule has 0 heterocycles. The summed E-state index contributed by atoms with van der Waals surface area (Å²) in [6.07, 6.45) is 0. The van der Waals surface area contributed by atoms with Crippen LogP contribution in [0.3, 0.4) is 0 Å². The van der Waals surface area contributed by atoms with Crippen molar-refractivity contribution in [3.8, 4) is 5.75 Å². The Morgan fingerprint density at radius 2 is 2.17 bits per heavy atom. The number of ether oxygens (including phenoxy) is 1. The monoisotopic (exact) mass is 185 g/mol. The Labute approximate surface area is 75.1 Å². The number of para-hydroxylation sites is 1. The summed E-state index contributed by atoms with van der Waals surface area (Å²) in [5.74, 6) is -0.155. The van der Waals surface area contributed by atoms with E-state index in [1.54, 1.807) is 24.3 Å². The zero-order chi connectivity index (χ0) is 8.97. The molecule has 0 spiro atoms. The lowest BCUT2D eigenvalue weighted by Crippen LogP contribution is -2.19. The quantitative estimate of drug-likeness (QED) is 0.557. The Morgan fingerprint density at radius 3 is 2.75 bits per heavy atom. The zero-order valence-corrected chi connectivity index (χ0v) is 7.04. The molecule has 0 aromatic heterocycles. The molecule has 1 aromatic carbocycles. The molecule has 2 N–H and O–H groups in total. The number of hydrogen-bond donors (Lipinski definition) is 1. The van der Waals surface area contributed by atoms with Gasteiger partial charge in [0.15, 0.2) is 0 Å². The largest absolute Gasteiger partial charge is 0.424 e. The third kappa shape index (κ3) is 2.22. The lowest BCUT2D eigenvalue weighted by atomic mass is 10.3. The summed E-state index contributed by atoms with van der Waals surface area (Å²) in [7, 11) is 0. The van der Waals surface area contributed by atoms with E-state index < -0.39 is 5.97 Å². The molecule has 64 valence electrons. The van der Waals surface area contributed by atoms with Gasteiger partial charge in [0.25, 0.3) is 0 Å². The van der Waals surface area contributed by atoms with Crippen LogP contribution in [-0.2, 0) is 4.79 Å². The molecule has 0 unspecified atom stereocenters. The van der Waals surface area contributed by atoms with E-state index in [2.05, 4.69) is 0 Å². The summed E-state index contributed by atoms with van der Waals surface area (Å²) in [6.45, 7) is -0.148. The number of rotatable bonds is 2. The van der Waals surface area contributed by atoms with Crippen LogP contribution in [0, 0.1) is 0 Å². The van der Waals surface area contributed by atoms with Gasteiger partial charge in [0.05, 0.1) is 11.6 Å². The van der Waals surface area contributed by atoms with Gasteiger partial charge in [-0.05, 0) is 12.1 Å². The minimum atomic E-state index is -0.497. The third-order valence-electron chi connectivity index (χ3n) is 1.23. The second-order valence-corrected chi connectivity index (χ2v) is 2.52. The van der Waals surface area contributed by atoms with Gasteiger partial charge < -0.3 is 10.5 Å². The van der Waals surface area contributed by atoms with Gasteiger partial charge >= 0.3 is 5.97 Å². The maximum Gasteiger partial charge on any atom is 0.325 e. The lowest BCUT2D eigenvalue weighted by molar-refractivity contribution is -0.132. The first-order valence-corrected chi connectivity index (χ1v) is 3.77. The topological polar surface area (TPSA) is 52.3 Å². The van der Waals surface area contributed by atoms with Gasteiger partial charge in [0.1, 0.15) is 5.75 Å². The number of esters is 1. The highest BCUT2D eigenvalue weighted by Crippen LogP contribution is 2.22. The summed E-state index contributed by atoms with van der Waals surface area (Å²) in [5.41, 5.74) is 5.05. The fourth-order valence-electron chi connectivity index (χ4n) is 0.692.